The molecule has 1 saturated heterocycles. The molecule has 1 aromatic carbocycles. The Morgan fingerprint density at radius 2 is 2.14 bits per heavy atom. The van der Waals surface area contributed by atoms with Gasteiger partial charge in [0.15, 0.2) is 5.13 Å². The van der Waals surface area contributed by atoms with Crippen molar-refractivity contribution in [2.24, 2.45) is 0 Å². The molecule has 0 unspecified atom stereocenters. The third-order valence-electron chi connectivity index (χ3n) is 3.60. The minimum Gasteiger partial charge on any atom is -0.338 e. The van der Waals surface area contributed by atoms with Crippen LogP contribution >= 0.6 is 11.3 Å². The van der Waals surface area contributed by atoms with Crippen molar-refractivity contribution in [1.29, 1.82) is 0 Å². The molecule has 114 valence electrons. The summed E-state index contributed by atoms with van der Waals surface area (Å²) in [7, 11) is 0. The number of anilines is 1. The number of rotatable bonds is 4. The smallest absolute Gasteiger partial charge is 0.257 e. The van der Waals surface area contributed by atoms with Crippen molar-refractivity contribution in [2.75, 3.05) is 11.9 Å². The first-order valence-electron chi connectivity index (χ1n) is 7.22. The summed E-state index contributed by atoms with van der Waals surface area (Å²) < 4.78 is 0. The maximum atomic E-state index is 12.1. The van der Waals surface area contributed by atoms with Crippen molar-refractivity contribution in [3.63, 3.8) is 0 Å². The molecule has 6 heteroatoms. The second-order valence-corrected chi connectivity index (χ2v) is 6.22. The Morgan fingerprint density at radius 1 is 1.36 bits per heavy atom. The molecule has 1 aromatic heterocycles. The SMILES string of the molecule is Cc1csc(NC(=O)c2ccc(CN3CCCC3=O)cc2)n1. The van der Waals surface area contributed by atoms with Crippen LogP contribution in [-0.4, -0.2) is 28.2 Å². The maximum Gasteiger partial charge on any atom is 0.257 e. The van der Waals surface area contributed by atoms with Gasteiger partial charge in [-0.3, -0.25) is 14.9 Å². The highest BCUT2D eigenvalue weighted by molar-refractivity contribution is 7.13. The zero-order valence-corrected chi connectivity index (χ0v) is 13.2. The number of carbonyl (C=O) groups excluding carboxylic acids is 2. The number of nitrogens with zero attached hydrogens (tertiary/aromatic N) is 2. The Hall–Kier alpha value is -2.21. The molecule has 0 atom stereocenters. The number of amides is 2. The summed E-state index contributed by atoms with van der Waals surface area (Å²) in [5, 5.41) is 5.28. The summed E-state index contributed by atoms with van der Waals surface area (Å²) in [6, 6.07) is 7.36. The number of nitrogens with one attached hydrogen (secondary N) is 1. The molecule has 5 nitrogen and oxygen atoms in total. The number of hydrogen-bond acceptors (Lipinski definition) is 4. The van der Waals surface area contributed by atoms with Gasteiger partial charge in [-0.1, -0.05) is 12.1 Å². The Morgan fingerprint density at radius 3 is 2.73 bits per heavy atom. The van der Waals surface area contributed by atoms with E-state index in [1.54, 1.807) is 12.1 Å². The molecule has 22 heavy (non-hydrogen) atoms. The minimum atomic E-state index is -0.168. The molecule has 0 bridgehead atoms. The van der Waals surface area contributed by atoms with Crippen molar-refractivity contribution >= 4 is 28.3 Å². The lowest BCUT2D eigenvalue weighted by molar-refractivity contribution is -0.128. The van der Waals surface area contributed by atoms with Gasteiger partial charge < -0.3 is 4.90 Å². The van der Waals surface area contributed by atoms with Crippen LogP contribution in [0.3, 0.4) is 0 Å². The largest absolute Gasteiger partial charge is 0.338 e. The van der Waals surface area contributed by atoms with Crippen LogP contribution in [0.2, 0.25) is 0 Å². The molecule has 2 heterocycles. The zero-order chi connectivity index (χ0) is 15.5. The van der Waals surface area contributed by atoms with Gasteiger partial charge in [0.2, 0.25) is 5.91 Å². The first kappa shape index (κ1) is 14.7. The molecule has 1 N–H and O–H groups in total. The number of benzene rings is 1. The van der Waals surface area contributed by atoms with Crippen molar-refractivity contribution in [2.45, 2.75) is 26.3 Å². The number of aryl methyl sites for hydroxylation is 1. The highest BCUT2D eigenvalue weighted by Crippen LogP contribution is 2.17. The van der Waals surface area contributed by atoms with E-state index in [-0.39, 0.29) is 11.8 Å². The normalized spacial score (nSPS) is 14.4. The summed E-state index contributed by atoms with van der Waals surface area (Å²) in [4.78, 5) is 29.8. The average Bonchev–Trinajstić information content (AvgIpc) is 3.09. The maximum absolute atomic E-state index is 12.1. The van der Waals surface area contributed by atoms with Crippen LogP contribution in [0.1, 0.15) is 34.5 Å². The zero-order valence-electron chi connectivity index (χ0n) is 12.3. The molecule has 1 aliphatic rings. The van der Waals surface area contributed by atoms with Crippen LogP contribution in [0, 0.1) is 6.92 Å². The van der Waals surface area contributed by atoms with Gasteiger partial charge >= 0.3 is 0 Å². The lowest BCUT2D eigenvalue weighted by Crippen LogP contribution is -2.23. The molecule has 0 spiro atoms. The Labute approximate surface area is 133 Å². The van der Waals surface area contributed by atoms with Crippen LogP contribution in [0.4, 0.5) is 5.13 Å². The fraction of sp³-hybridized carbons (Fsp3) is 0.312. The lowest BCUT2D eigenvalue weighted by atomic mass is 10.1. The molecule has 2 aromatic rings. The standard InChI is InChI=1S/C16H17N3O2S/c1-11-10-22-16(17-11)18-15(21)13-6-4-12(5-7-13)9-19-8-2-3-14(19)20/h4-7,10H,2-3,8-9H2,1H3,(H,17,18,21). The van der Waals surface area contributed by atoms with Gasteiger partial charge in [0.1, 0.15) is 0 Å². The van der Waals surface area contributed by atoms with E-state index in [0.29, 0.717) is 23.7 Å². The first-order valence-corrected chi connectivity index (χ1v) is 8.10. The van der Waals surface area contributed by atoms with Gasteiger partial charge in [-0.05, 0) is 31.0 Å². The van der Waals surface area contributed by atoms with E-state index in [4.69, 9.17) is 0 Å². The molecular formula is C16H17N3O2S. The number of carbonyl (C=O) groups is 2. The molecule has 0 saturated carbocycles. The number of likely N-dealkylation sites (tertiary alicyclic amines) is 1. The molecule has 1 fully saturated rings. The fourth-order valence-corrected chi connectivity index (χ4v) is 3.12. The van der Waals surface area contributed by atoms with E-state index in [0.717, 1.165) is 24.2 Å². The van der Waals surface area contributed by atoms with Crippen molar-refractivity contribution in [3.8, 4) is 0 Å². The van der Waals surface area contributed by atoms with Gasteiger partial charge in [-0.15, -0.1) is 11.3 Å². The third kappa shape index (κ3) is 3.33. The molecule has 0 aliphatic carbocycles. The summed E-state index contributed by atoms with van der Waals surface area (Å²) in [6.07, 6.45) is 1.58. The second-order valence-electron chi connectivity index (χ2n) is 5.36. The predicted octanol–water partition coefficient (Wildman–Crippen LogP) is 2.83. The minimum absolute atomic E-state index is 0.168. The van der Waals surface area contributed by atoms with Gasteiger partial charge in [0.25, 0.3) is 5.91 Å². The van der Waals surface area contributed by atoms with E-state index in [1.807, 2.05) is 29.3 Å². The van der Waals surface area contributed by atoms with Crippen LogP contribution in [0.15, 0.2) is 29.6 Å². The van der Waals surface area contributed by atoms with Crippen LogP contribution in [-0.2, 0) is 11.3 Å². The average molecular weight is 315 g/mol. The second kappa shape index (κ2) is 6.27. The fourth-order valence-electron chi connectivity index (χ4n) is 2.43. The Bertz CT molecular complexity index is 694. The number of aromatic nitrogens is 1. The van der Waals surface area contributed by atoms with Crippen molar-refractivity contribution in [3.05, 3.63) is 46.5 Å². The summed E-state index contributed by atoms with van der Waals surface area (Å²) in [6.45, 7) is 3.33. The summed E-state index contributed by atoms with van der Waals surface area (Å²) >= 11 is 1.41. The summed E-state index contributed by atoms with van der Waals surface area (Å²) in [5.74, 6) is 0.0408. The van der Waals surface area contributed by atoms with Crippen LogP contribution in [0.5, 0.6) is 0 Å². The third-order valence-corrected chi connectivity index (χ3v) is 4.48. The van der Waals surface area contributed by atoms with Crippen LogP contribution in [0.25, 0.3) is 0 Å². The van der Waals surface area contributed by atoms with Crippen LogP contribution < -0.4 is 5.32 Å². The molecule has 3 rings (SSSR count). The Kier molecular flexibility index (Phi) is 4.20. The number of hydrogen-bond donors (Lipinski definition) is 1. The van der Waals surface area contributed by atoms with E-state index in [2.05, 4.69) is 10.3 Å². The van der Waals surface area contributed by atoms with E-state index in [9.17, 15) is 9.59 Å². The first-order chi connectivity index (χ1) is 10.6. The monoisotopic (exact) mass is 315 g/mol. The highest BCUT2D eigenvalue weighted by atomic mass is 32.1. The van der Waals surface area contributed by atoms with Gasteiger partial charge in [0, 0.05) is 30.5 Å². The molecular weight excluding hydrogens is 298 g/mol. The van der Waals surface area contributed by atoms with E-state index in [1.165, 1.54) is 11.3 Å². The van der Waals surface area contributed by atoms with Gasteiger partial charge in [0.05, 0.1) is 5.69 Å². The van der Waals surface area contributed by atoms with E-state index >= 15 is 0 Å². The van der Waals surface area contributed by atoms with Gasteiger partial charge in [-0.2, -0.15) is 0 Å². The lowest BCUT2D eigenvalue weighted by Gasteiger charge is -2.15. The molecule has 1 aliphatic heterocycles. The van der Waals surface area contributed by atoms with Crippen molar-refractivity contribution in [1.82, 2.24) is 9.88 Å². The highest BCUT2D eigenvalue weighted by Gasteiger charge is 2.20. The summed E-state index contributed by atoms with van der Waals surface area (Å²) in [5.41, 5.74) is 2.52. The molecule has 2 amide bonds. The number of thiazole rings is 1. The molecule has 0 radical (unpaired) electrons. The quantitative estimate of drug-likeness (QED) is 0.943. The van der Waals surface area contributed by atoms with Crippen molar-refractivity contribution < 1.29 is 9.59 Å². The van der Waals surface area contributed by atoms with E-state index < -0.39 is 0 Å². The topological polar surface area (TPSA) is 62.3 Å². The predicted molar refractivity (Wildman–Crippen MR) is 85.9 cm³/mol. The van der Waals surface area contributed by atoms with Gasteiger partial charge in [-0.25, -0.2) is 4.98 Å². The Balaban J connectivity index is 1.63.